The van der Waals surface area contributed by atoms with Crippen LogP contribution in [0.5, 0.6) is 0 Å². The van der Waals surface area contributed by atoms with Gasteiger partial charge in [0.05, 0.1) is 6.10 Å². The average Bonchev–Trinajstić information content (AvgIpc) is 2.83. The van der Waals surface area contributed by atoms with Crippen LogP contribution in [0.2, 0.25) is 0 Å². The van der Waals surface area contributed by atoms with Gasteiger partial charge in [-0.05, 0) is 67.4 Å². The molecular weight excluding hydrogens is 284 g/mol. The maximum Gasteiger partial charge on any atom is 0.178 e. The average molecular weight is 312 g/mol. The minimum Gasteiger partial charge on any atom is -0.393 e. The summed E-state index contributed by atoms with van der Waals surface area (Å²) in [5.74, 6) is 2.15. The zero-order valence-corrected chi connectivity index (χ0v) is 14.3. The summed E-state index contributed by atoms with van der Waals surface area (Å²) in [4.78, 5) is 11.8. The summed E-state index contributed by atoms with van der Waals surface area (Å²) >= 11 is 0. The number of carbonyl (C=O) groups is 1. The molecule has 23 heavy (non-hydrogen) atoms. The van der Waals surface area contributed by atoms with E-state index in [9.17, 15) is 9.90 Å². The molecule has 0 heterocycles. The molecule has 3 saturated carbocycles. The second-order valence-corrected chi connectivity index (χ2v) is 8.72. The van der Waals surface area contributed by atoms with Crippen molar-refractivity contribution >= 4 is 5.78 Å². The third-order valence-corrected chi connectivity index (χ3v) is 7.85. The van der Waals surface area contributed by atoms with Gasteiger partial charge < -0.3 is 5.11 Å². The van der Waals surface area contributed by atoms with Crippen LogP contribution in [0.1, 0.15) is 46.0 Å². The number of allylic oxidation sites excluding steroid dienone is 5. The van der Waals surface area contributed by atoms with Crippen molar-refractivity contribution in [2.45, 2.75) is 52.1 Å². The van der Waals surface area contributed by atoms with Crippen LogP contribution in [0.3, 0.4) is 0 Å². The second kappa shape index (κ2) is 4.92. The first-order valence-electron chi connectivity index (χ1n) is 9.15. The molecule has 0 radical (unpaired) electrons. The quantitative estimate of drug-likeness (QED) is 0.741. The Morgan fingerprint density at radius 3 is 2.83 bits per heavy atom. The number of hydrogen-bond acceptors (Lipinski definition) is 2. The van der Waals surface area contributed by atoms with E-state index in [0.717, 1.165) is 19.3 Å². The molecule has 124 valence electrons. The molecule has 0 bridgehead atoms. The maximum atomic E-state index is 11.8. The Morgan fingerprint density at radius 1 is 1.30 bits per heavy atom. The van der Waals surface area contributed by atoms with E-state index in [2.05, 4.69) is 32.6 Å². The maximum absolute atomic E-state index is 11.8. The van der Waals surface area contributed by atoms with E-state index in [1.165, 1.54) is 18.4 Å². The Kier molecular flexibility index (Phi) is 3.29. The van der Waals surface area contributed by atoms with Gasteiger partial charge in [0.25, 0.3) is 0 Å². The Hall–Kier alpha value is -1.15. The largest absolute Gasteiger partial charge is 0.393 e. The third-order valence-electron chi connectivity index (χ3n) is 7.85. The fourth-order valence-electron chi connectivity index (χ4n) is 6.75. The fourth-order valence-corrected chi connectivity index (χ4v) is 6.75. The van der Waals surface area contributed by atoms with E-state index >= 15 is 0 Å². The molecule has 2 nitrogen and oxygen atoms in total. The Bertz CT molecular complexity index is 615. The van der Waals surface area contributed by atoms with Crippen LogP contribution in [-0.4, -0.2) is 17.0 Å². The van der Waals surface area contributed by atoms with Crippen molar-refractivity contribution in [3.8, 4) is 0 Å². The van der Waals surface area contributed by atoms with Crippen molar-refractivity contribution < 1.29 is 9.90 Å². The number of hydrogen-bond donors (Lipinski definition) is 1. The van der Waals surface area contributed by atoms with Crippen molar-refractivity contribution in [3.05, 3.63) is 36.5 Å². The molecule has 7 atom stereocenters. The van der Waals surface area contributed by atoms with Gasteiger partial charge in [-0.2, -0.15) is 0 Å². The summed E-state index contributed by atoms with van der Waals surface area (Å²) in [6.45, 7) is 8.68. The van der Waals surface area contributed by atoms with Crippen LogP contribution in [-0.2, 0) is 4.79 Å². The molecule has 0 amide bonds. The van der Waals surface area contributed by atoms with Crippen LogP contribution in [0, 0.1) is 34.5 Å². The molecule has 7 unspecified atom stereocenters. The molecular formula is C21H28O2. The van der Waals surface area contributed by atoms with Gasteiger partial charge in [-0.1, -0.05) is 31.6 Å². The molecule has 4 rings (SSSR count). The predicted octanol–water partition coefficient (Wildman–Crippen LogP) is 4.07. The predicted molar refractivity (Wildman–Crippen MR) is 91.7 cm³/mol. The fraction of sp³-hybridized carbons (Fsp3) is 0.667. The highest BCUT2D eigenvalue weighted by molar-refractivity contribution is 6.01. The van der Waals surface area contributed by atoms with Gasteiger partial charge in [0, 0.05) is 11.3 Å². The first-order chi connectivity index (χ1) is 10.9. The standard InChI is InChI=1S/C21H28O2/c1-4-13-6-8-17-16-7-5-14-11-15(22)9-10-20(14,2)19(16)18(23)12-21(13,17)3/h4,9-11,13,16-19,23H,1,5-8,12H2,2-3H3. The molecule has 3 fully saturated rings. The zero-order chi connectivity index (χ0) is 16.4. The molecule has 0 aromatic heterocycles. The van der Waals surface area contributed by atoms with E-state index in [4.69, 9.17) is 0 Å². The van der Waals surface area contributed by atoms with Crippen molar-refractivity contribution in [3.63, 3.8) is 0 Å². The SMILES string of the molecule is C=CC1CCC2C3CCC4=CC(=O)C=CC4(C)C3C(O)CC12C. The smallest absolute Gasteiger partial charge is 0.178 e. The second-order valence-electron chi connectivity index (χ2n) is 8.72. The number of ketones is 1. The number of aliphatic hydroxyl groups is 1. The van der Waals surface area contributed by atoms with Gasteiger partial charge in [0.1, 0.15) is 0 Å². The van der Waals surface area contributed by atoms with Crippen LogP contribution in [0.4, 0.5) is 0 Å². The summed E-state index contributed by atoms with van der Waals surface area (Å²) in [5.41, 5.74) is 1.31. The van der Waals surface area contributed by atoms with Crippen LogP contribution >= 0.6 is 0 Å². The van der Waals surface area contributed by atoms with Gasteiger partial charge >= 0.3 is 0 Å². The van der Waals surface area contributed by atoms with Gasteiger partial charge in [-0.3, -0.25) is 4.79 Å². The number of aliphatic hydroxyl groups excluding tert-OH is 1. The summed E-state index contributed by atoms with van der Waals surface area (Å²) in [6.07, 6.45) is 13.0. The van der Waals surface area contributed by atoms with Crippen LogP contribution in [0.15, 0.2) is 36.5 Å². The normalized spacial score (nSPS) is 51.5. The highest BCUT2D eigenvalue weighted by atomic mass is 16.3. The van der Waals surface area contributed by atoms with Crippen molar-refractivity contribution in [2.24, 2.45) is 34.5 Å². The Balaban J connectivity index is 1.75. The molecule has 0 aromatic rings. The molecule has 0 spiro atoms. The molecule has 0 aliphatic heterocycles. The summed E-state index contributed by atoms with van der Waals surface area (Å²) < 4.78 is 0. The van der Waals surface area contributed by atoms with E-state index in [1.54, 1.807) is 6.08 Å². The highest BCUT2D eigenvalue weighted by Gasteiger charge is 2.60. The Morgan fingerprint density at radius 2 is 2.09 bits per heavy atom. The minimum absolute atomic E-state index is 0.110. The van der Waals surface area contributed by atoms with Crippen molar-refractivity contribution in [2.75, 3.05) is 0 Å². The molecule has 0 saturated heterocycles. The number of carbonyl (C=O) groups excluding carboxylic acids is 1. The molecule has 4 aliphatic rings. The number of rotatable bonds is 1. The van der Waals surface area contributed by atoms with Crippen molar-refractivity contribution in [1.82, 2.24) is 0 Å². The van der Waals surface area contributed by atoms with Gasteiger partial charge in [0.2, 0.25) is 0 Å². The number of fused-ring (bicyclic) bond motifs is 5. The van der Waals surface area contributed by atoms with Crippen molar-refractivity contribution in [1.29, 1.82) is 0 Å². The van der Waals surface area contributed by atoms with E-state index in [-0.39, 0.29) is 28.6 Å². The van der Waals surface area contributed by atoms with Gasteiger partial charge in [0.15, 0.2) is 5.78 Å². The summed E-state index contributed by atoms with van der Waals surface area (Å²) in [5, 5.41) is 11.1. The highest BCUT2D eigenvalue weighted by Crippen LogP contribution is 2.66. The van der Waals surface area contributed by atoms with E-state index in [0.29, 0.717) is 17.8 Å². The summed E-state index contributed by atoms with van der Waals surface area (Å²) in [7, 11) is 0. The topological polar surface area (TPSA) is 37.3 Å². The van der Waals surface area contributed by atoms with Crippen LogP contribution in [0.25, 0.3) is 0 Å². The minimum atomic E-state index is -0.284. The third kappa shape index (κ3) is 1.94. The van der Waals surface area contributed by atoms with Gasteiger partial charge in [-0.25, -0.2) is 0 Å². The zero-order valence-electron chi connectivity index (χ0n) is 14.3. The lowest BCUT2D eigenvalue weighted by atomic mass is 9.47. The summed E-state index contributed by atoms with van der Waals surface area (Å²) in [6, 6.07) is 0. The monoisotopic (exact) mass is 312 g/mol. The van der Waals surface area contributed by atoms with E-state index < -0.39 is 0 Å². The van der Waals surface area contributed by atoms with E-state index in [1.807, 2.05) is 6.08 Å². The first-order valence-corrected chi connectivity index (χ1v) is 9.15. The molecule has 0 aromatic carbocycles. The van der Waals surface area contributed by atoms with Gasteiger partial charge in [-0.15, -0.1) is 6.58 Å². The molecule has 2 heteroatoms. The first kappa shape index (κ1) is 15.4. The Labute approximate surface area is 139 Å². The lowest BCUT2D eigenvalue weighted by molar-refractivity contribution is -0.116. The lowest BCUT2D eigenvalue weighted by Gasteiger charge is -2.58. The van der Waals surface area contributed by atoms with Crippen LogP contribution < -0.4 is 0 Å². The molecule has 1 N–H and O–H groups in total. The lowest BCUT2D eigenvalue weighted by Crippen LogP contribution is -2.55. The molecule has 4 aliphatic carbocycles.